The zero-order valence-electron chi connectivity index (χ0n) is 15.3. The van der Waals surface area contributed by atoms with Crippen LogP contribution in [0.4, 0.5) is 0 Å². The molecule has 2 aliphatic rings. The second-order valence-corrected chi connectivity index (χ2v) is 7.90. The summed E-state index contributed by atoms with van der Waals surface area (Å²) in [6, 6.07) is 21.9. The zero-order valence-corrected chi connectivity index (χ0v) is 15.3. The van der Waals surface area contributed by atoms with E-state index in [4.69, 9.17) is 0 Å². The second kappa shape index (κ2) is 8.05. The summed E-state index contributed by atoms with van der Waals surface area (Å²) in [6.07, 6.45) is 5.58. The van der Waals surface area contributed by atoms with Gasteiger partial charge in [0.1, 0.15) is 0 Å². The first-order valence-electron chi connectivity index (χ1n) is 9.88. The summed E-state index contributed by atoms with van der Waals surface area (Å²) in [5.74, 6) is 0.833. The Morgan fingerprint density at radius 2 is 1.35 bits per heavy atom. The Labute approximate surface area is 156 Å². The molecule has 2 aliphatic heterocycles. The van der Waals surface area contributed by atoms with Crippen LogP contribution in [0.3, 0.4) is 0 Å². The summed E-state index contributed by atoms with van der Waals surface area (Å²) in [6.45, 7) is 1.37. The van der Waals surface area contributed by atoms with E-state index in [1.54, 1.807) is 0 Å². The number of amides is 1. The number of rotatable bonds is 6. The Morgan fingerprint density at radius 3 is 1.85 bits per heavy atom. The van der Waals surface area contributed by atoms with Crippen LogP contribution in [0.2, 0.25) is 0 Å². The Bertz CT molecular complexity index is 662. The summed E-state index contributed by atoms with van der Waals surface area (Å²) >= 11 is 0. The summed E-state index contributed by atoms with van der Waals surface area (Å²) in [4.78, 5) is 15.2. The molecule has 3 heteroatoms. The second-order valence-electron chi connectivity index (χ2n) is 7.90. The molecule has 0 saturated carbocycles. The number of hydrogen-bond donors (Lipinski definition) is 1. The number of piperidine rings is 1. The summed E-state index contributed by atoms with van der Waals surface area (Å²) < 4.78 is 0. The van der Waals surface area contributed by atoms with Gasteiger partial charge in [-0.2, -0.15) is 0 Å². The van der Waals surface area contributed by atoms with Crippen LogP contribution in [0, 0.1) is 5.92 Å². The van der Waals surface area contributed by atoms with Crippen LogP contribution in [0.25, 0.3) is 0 Å². The van der Waals surface area contributed by atoms with E-state index in [2.05, 4.69) is 29.6 Å². The first-order valence-corrected chi connectivity index (χ1v) is 9.88. The van der Waals surface area contributed by atoms with E-state index in [9.17, 15) is 4.79 Å². The van der Waals surface area contributed by atoms with Crippen LogP contribution in [-0.4, -0.2) is 22.9 Å². The lowest BCUT2D eigenvalue weighted by Crippen LogP contribution is -2.40. The van der Waals surface area contributed by atoms with Crippen molar-refractivity contribution in [2.24, 2.45) is 5.92 Å². The minimum atomic E-state index is 0.295. The third kappa shape index (κ3) is 4.34. The molecule has 2 atom stereocenters. The van der Waals surface area contributed by atoms with E-state index in [0.29, 0.717) is 43.4 Å². The molecule has 2 unspecified atom stereocenters. The summed E-state index contributed by atoms with van der Waals surface area (Å²) in [5.41, 5.74) is 2.39. The van der Waals surface area contributed by atoms with E-state index < -0.39 is 0 Å². The van der Waals surface area contributed by atoms with Crippen molar-refractivity contribution in [3.8, 4) is 0 Å². The molecule has 2 aromatic rings. The Balaban J connectivity index is 1.45. The quantitative estimate of drug-likeness (QED) is 0.851. The maximum atomic E-state index is 13.2. The van der Waals surface area contributed by atoms with Crippen LogP contribution >= 0.6 is 0 Å². The molecule has 0 aliphatic carbocycles. The molecular formula is C23H28N2O. The standard InChI is InChI=1S/C23H28N2O/c26-23(15-20-13-21-11-12-22(14-20)24-21)25(16-18-7-3-1-4-8-18)17-19-9-5-2-6-10-19/h1-10,20-22,24H,11-17H2. The van der Waals surface area contributed by atoms with Gasteiger partial charge >= 0.3 is 0 Å². The van der Waals surface area contributed by atoms with Gasteiger partial charge in [0.05, 0.1) is 0 Å². The molecule has 1 N–H and O–H groups in total. The molecule has 0 aromatic heterocycles. The number of fused-ring (bicyclic) bond motifs is 2. The molecule has 2 aromatic carbocycles. The lowest BCUT2D eigenvalue weighted by atomic mass is 9.89. The lowest BCUT2D eigenvalue weighted by Gasteiger charge is -2.31. The number of nitrogens with zero attached hydrogens (tertiary/aromatic N) is 1. The van der Waals surface area contributed by atoms with Gasteiger partial charge in [-0.15, -0.1) is 0 Å². The van der Waals surface area contributed by atoms with Crippen molar-refractivity contribution in [2.45, 2.75) is 57.3 Å². The highest BCUT2D eigenvalue weighted by atomic mass is 16.2. The first kappa shape index (κ1) is 17.3. The predicted molar refractivity (Wildman–Crippen MR) is 104 cm³/mol. The Hall–Kier alpha value is -2.13. The van der Waals surface area contributed by atoms with Crippen LogP contribution in [0.1, 0.15) is 43.2 Å². The number of carbonyl (C=O) groups excluding carboxylic acids is 1. The minimum absolute atomic E-state index is 0.295. The normalized spacial score (nSPS) is 24.4. The van der Waals surface area contributed by atoms with Crippen molar-refractivity contribution in [3.63, 3.8) is 0 Å². The van der Waals surface area contributed by atoms with E-state index in [0.717, 1.165) is 12.8 Å². The molecule has 2 fully saturated rings. The number of nitrogens with one attached hydrogen (secondary N) is 1. The van der Waals surface area contributed by atoms with Crippen molar-refractivity contribution in [1.29, 1.82) is 0 Å². The van der Waals surface area contributed by atoms with E-state index in [-0.39, 0.29) is 0 Å². The fraction of sp³-hybridized carbons (Fsp3) is 0.435. The topological polar surface area (TPSA) is 32.3 Å². The van der Waals surface area contributed by atoms with Crippen molar-refractivity contribution in [1.82, 2.24) is 10.2 Å². The first-order chi connectivity index (χ1) is 12.8. The lowest BCUT2D eigenvalue weighted by molar-refractivity contribution is -0.133. The van der Waals surface area contributed by atoms with Gasteiger partial charge in [0.15, 0.2) is 0 Å². The van der Waals surface area contributed by atoms with Gasteiger partial charge in [-0.1, -0.05) is 60.7 Å². The van der Waals surface area contributed by atoms with Gasteiger partial charge in [0.25, 0.3) is 0 Å². The third-order valence-corrected chi connectivity index (χ3v) is 5.82. The predicted octanol–water partition coefficient (Wildman–Crippen LogP) is 4.14. The number of benzene rings is 2. The van der Waals surface area contributed by atoms with E-state index in [1.165, 1.54) is 24.0 Å². The van der Waals surface area contributed by atoms with Gasteiger partial charge in [-0.3, -0.25) is 4.79 Å². The fourth-order valence-electron chi connectivity index (χ4n) is 4.56. The van der Waals surface area contributed by atoms with E-state index in [1.807, 2.05) is 41.3 Å². The average Bonchev–Trinajstić information content (AvgIpc) is 3.01. The van der Waals surface area contributed by atoms with Gasteiger partial charge in [-0.05, 0) is 42.7 Å². The average molecular weight is 348 g/mol. The summed E-state index contributed by atoms with van der Waals surface area (Å²) in [7, 11) is 0. The highest BCUT2D eigenvalue weighted by molar-refractivity contribution is 5.76. The molecule has 0 radical (unpaired) electrons. The van der Waals surface area contributed by atoms with Crippen LogP contribution in [0.15, 0.2) is 60.7 Å². The fourth-order valence-corrected chi connectivity index (χ4v) is 4.56. The van der Waals surface area contributed by atoms with Crippen molar-refractivity contribution < 1.29 is 4.79 Å². The molecule has 3 nitrogen and oxygen atoms in total. The maximum Gasteiger partial charge on any atom is 0.223 e. The highest BCUT2D eigenvalue weighted by Gasteiger charge is 2.34. The minimum Gasteiger partial charge on any atom is -0.334 e. The Kier molecular flexibility index (Phi) is 5.35. The molecule has 2 heterocycles. The zero-order chi connectivity index (χ0) is 17.8. The highest BCUT2D eigenvalue weighted by Crippen LogP contribution is 2.33. The van der Waals surface area contributed by atoms with Crippen molar-refractivity contribution in [3.05, 3.63) is 71.8 Å². The smallest absolute Gasteiger partial charge is 0.223 e. The largest absolute Gasteiger partial charge is 0.334 e. The van der Waals surface area contributed by atoms with Gasteiger partial charge < -0.3 is 10.2 Å². The molecule has 2 bridgehead atoms. The third-order valence-electron chi connectivity index (χ3n) is 5.82. The number of hydrogen-bond acceptors (Lipinski definition) is 2. The number of carbonyl (C=O) groups is 1. The SMILES string of the molecule is O=C(CC1CC2CCC(C1)N2)N(Cc1ccccc1)Cc1ccccc1. The molecular weight excluding hydrogens is 320 g/mol. The van der Waals surface area contributed by atoms with Crippen LogP contribution in [-0.2, 0) is 17.9 Å². The van der Waals surface area contributed by atoms with Crippen molar-refractivity contribution in [2.75, 3.05) is 0 Å². The van der Waals surface area contributed by atoms with Crippen molar-refractivity contribution >= 4 is 5.91 Å². The van der Waals surface area contributed by atoms with Crippen LogP contribution < -0.4 is 5.32 Å². The molecule has 136 valence electrons. The molecule has 4 rings (SSSR count). The molecule has 26 heavy (non-hydrogen) atoms. The van der Waals surface area contributed by atoms with Crippen LogP contribution in [0.5, 0.6) is 0 Å². The maximum absolute atomic E-state index is 13.2. The molecule has 2 saturated heterocycles. The monoisotopic (exact) mass is 348 g/mol. The molecule has 0 spiro atoms. The van der Waals surface area contributed by atoms with E-state index >= 15 is 0 Å². The van der Waals surface area contributed by atoms with Gasteiger partial charge in [0, 0.05) is 31.6 Å². The Morgan fingerprint density at radius 1 is 0.846 bits per heavy atom. The summed E-state index contributed by atoms with van der Waals surface area (Å²) in [5, 5.41) is 3.68. The molecule has 1 amide bonds. The van der Waals surface area contributed by atoms with Gasteiger partial charge in [-0.25, -0.2) is 0 Å². The van der Waals surface area contributed by atoms with Gasteiger partial charge in [0.2, 0.25) is 5.91 Å².